The fraction of sp³-hybridized carbons (Fsp3) is 0.429. The van der Waals surface area contributed by atoms with Crippen molar-refractivity contribution in [1.82, 2.24) is 0 Å². The number of aliphatic hydroxyl groups is 1. The Morgan fingerprint density at radius 3 is 2.59 bits per heavy atom. The minimum absolute atomic E-state index is 0.0893. The quantitative estimate of drug-likeness (QED) is 0.825. The summed E-state index contributed by atoms with van der Waals surface area (Å²) in [5, 5.41) is 9.13. The van der Waals surface area contributed by atoms with Crippen LogP contribution in [-0.4, -0.2) is 25.4 Å². The third-order valence-corrected chi connectivity index (χ3v) is 2.52. The summed E-state index contributed by atoms with van der Waals surface area (Å²) in [6.45, 7) is 4.66. The number of benzene rings is 1. The van der Waals surface area contributed by atoms with E-state index in [9.17, 15) is 0 Å². The standard InChI is InChI=1S/C14H20O3/c1-4-11(10-15)8-12-6-7-13(17-5-2)14(9-12)16-3/h6-9,15H,4-5,10H2,1-3H3. The molecule has 0 unspecified atom stereocenters. The normalized spacial score (nSPS) is 11.4. The molecule has 0 aliphatic carbocycles. The molecule has 0 saturated carbocycles. The van der Waals surface area contributed by atoms with Crippen LogP contribution in [0, 0.1) is 0 Å². The lowest BCUT2D eigenvalue weighted by Crippen LogP contribution is -1.95. The van der Waals surface area contributed by atoms with Gasteiger partial charge in [-0.1, -0.05) is 19.1 Å². The van der Waals surface area contributed by atoms with Crippen molar-refractivity contribution in [3.8, 4) is 11.5 Å². The first-order chi connectivity index (χ1) is 8.24. The van der Waals surface area contributed by atoms with Crippen molar-refractivity contribution in [2.75, 3.05) is 20.3 Å². The Hall–Kier alpha value is -1.48. The SMILES string of the molecule is CCOc1ccc(C=C(CC)CO)cc1OC. The van der Waals surface area contributed by atoms with Gasteiger partial charge >= 0.3 is 0 Å². The van der Waals surface area contributed by atoms with Gasteiger partial charge in [0, 0.05) is 0 Å². The molecule has 3 heteroatoms. The van der Waals surface area contributed by atoms with Crippen LogP contribution in [0.5, 0.6) is 11.5 Å². The van der Waals surface area contributed by atoms with E-state index in [0.29, 0.717) is 12.4 Å². The minimum Gasteiger partial charge on any atom is -0.493 e. The molecule has 1 aromatic carbocycles. The molecule has 3 nitrogen and oxygen atoms in total. The predicted molar refractivity (Wildman–Crippen MR) is 69.5 cm³/mol. The van der Waals surface area contributed by atoms with Crippen molar-refractivity contribution >= 4 is 6.08 Å². The Bertz CT molecular complexity index is 377. The van der Waals surface area contributed by atoms with Gasteiger partial charge in [-0.3, -0.25) is 0 Å². The van der Waals surface area contributed by atoms with Gasteiger partial charge in [0.15, 0.2) is 11.5 Å². The molecule has 0 aliphatic rings. The summed E-state index contributed by atoms with van der Waals surface area (Å²) in [4.78, 5) is 0. The summed E-state index contributed by atoms with van der Waals surface area (Å²) in [5.41, 5.74) is 2.01. The highest BCUT2D eigenvalue weighted by Gasteiger charge is 2.04. The molecule has 0 aliphatic heterocycles. The smallest absolute Gasteiger partial charge is 0.161 e. The van der Waals surface area contributed by atoms with E-state index in [2.05, 4.69) is 0 Å². The summed E-state index contributed by atoms with van der Waals surface area (Å²) in [5.74, 6) is 1.46. The minimum atomic E-state index is 0.0893. The summed E-state index contributed by atoms with van der Waals surface area (Å²) in [6, 6.07) is 5.76. The first kappa shape index (κ1) is 13.6. The molecule has 0 amide bonds. The molecule has 0 fully saturated rings. The van der Waals surface area contributed by atoms with E-state index >= 15 is 0 Å². The van der Waals surface area contributed by atoms with Gasteiger partial charge in [-0.25, -0.2) is 0 Å². The number of rotatable bonds is 6. The Morgan fingerprint density at radius 2 is 2.06 bits per heavy atom. The fourth-order valence-electron chi connectivity index (χ4n) is 1.54. The van der Waals surface area contributed by atoms with E-state index in [-0.39, 0.29) is 6.61 Å². The van der Waals surface area contributed by atoms with Crippen LogP contribution in [-0.2, 0) is 0 Å². The average molecular weight is 236 g/mol. The van der Waals surface area contributed by atoms with Crippen LogP contribution in [0.15, 0.2) is 23.8 Å². The van der Waals surface area contributed by atoms with Gasteiger partial charge in [0.05, 0.1) is 20.3 Å². The van der Waals surface area contributed by atoms with Crippen molar-refractivity contribution in [1.29, 1.82) is 0 Å². The third-order valence-electron chi connectivity index (χ3n) is 2.52. The average Bonchev–Trinajstić information content (AvgIpc) is 2.37. The van der Waals surface area contributed by atoms with Crippen molar-refractivity contribution in [2.24, 2.45) is 0 Å². The van der Waals surface area contributed by atoms with Crippen molar-refractivity contribution in [2.45, 2.75) is 20.3 Å². The largest absolute Gasteiger partial charge is 0.493 e. The van der Waals surface area contributed by atoms with E-state index in [0.717, 1.165) is 23.3 Å². The van der Waals surface area contributed by atoms with Crippen LogP contribution in [0.25, 0.3) is 6.08 Å². The molecule has 1 N–H and O–H groups in total. The molecule has 1 aromatic rings. The molecule has 17 heavy (non-hydrogen) atoms. The number of ether oxygens (including phenoxy) is 2. The van der Waals surface area contributed by atoms with E-state index in [1.54, 1.807) is 7.11 Å². The summed E-state index contributed by atoms with van der Waals surface area (Å²) in [6.07, 6.45) is 2.81. The highest BCUT2D eigenvalue weighted by molar-refractivity contribution is 5.58. The maximum absolute atomic E-state index is 9.13. The van der Waals surface area contributed by atoms with Gasteiger partial charge in [-0.15, -0.1) is 0 Å². The molecule has 0 aromatic heterocycles. The van der Waals surface area contributed by atoms with Crippen LogP contribution in [0.4, 0.5) is 0 Å². The fourth-order valence-corrected chi connectivity index (χ4v) is 1.54. The lowest BCUT2D eigenvalue weighted by Gasteiger charge is -2.10. The highest BCUT2D eigenvalue weighted by atomic mass is 16.5. The summed E-state index contributed by atoms with van der Waals surface area (Å²) < 4.78 is 10.7. The first-order valence-corrected chi connectivity index (χ1v) is 5.86. The predicted octanol–water partition coefficient (Wildman–Crippen LogP) is 2.88. The van der Waals surface area contributed by atoms with Crippen molar-refractivity contribution in [3.05, 3.63) is 29.3 Å². The molecule has 0 radical (unpaired) electrons. The Balaban J connectivity index is 3.00. The van der Waals surface area contributed by atoms with E-state index in [1.165, 1.54) is 0 Å². The molecule has 0 bridgehead atoms. The van der Waals surface area contributed by atoms with Crippen LogP contribution in [0.3, 0.4) is 0 Å². The topological polar surface area (TPSA) is 38.7 Å². The van der Waals surface area contributed by atoms with Crippen molar-refractivity contribution < 1.29 is 14.6 Å². The van der Waals surface area contributed by atoms with Gasteiger partial charge in [-0.05, 0) is 36.6 Å². The second-order valence-electron chi connectivity index (χ2n) is 3.66. The number of methoxy groups -OCH3 is 1. The lowest BCUT2D eigenvalue weighted by atomic mass is 10.1. The molecule has 0 heterocycles. The maximum Gasteiger partial charge on any atom is 0.161 e. The molecule has 94 valence electrons. The number of hydrogen-bond acceptors (Lipinski definition) is 3. The van der Waals surface area contributed by atoms with Gasteiger partial charge in [-0.2, -0.15) is 0 Å². The second kappa shape index (κ2) is 6.97. The third kappa shape index (κ3) is 3.79. The van der Waals surface area contributed by atoms with Gasteiger partial charge in [0.1, 0.15) is 0 Å². The van der Waals surface area contributed by atoms with Crippen LogP contribution >= 0.6 is 0 Å². The van der Waals surface area contributed by atoms with Crippen LogP contribution in [0.2, 0.25) is 0 Å². The zero-order valence-electron chi connectivity index (χ0n) is 10.7. The molecule has 0 saturated heterocycles. The number of aliphatic hydroxyl groups excluding tert-OH is 1. The molecule has 1 rings (SSSR count). The molecule has 0 atom stereocenters. The zero-order valence-corrected chi connectivity index (χ0v) is 10.7. The molecular weight excluding hydrogens is 216 g/mol. The van der Waals surface area contributed by atoms with E-state index in [1.807, 2.05) is 38.1 Å². The first-order valence-electron chi connectivity index (χ1n) is 5.86. The van der Waals surface area contributed by atoms with Gasteiger partial charge < -0.3 is 14.6 Å². The van der Waals surface area contributed by atoms with Crippen LogP contribution in [0.1, 0.15) is 25.8 Å². The Labute approximate surface area is 103 Å². The number of hydrogen-bond donors (Lipinski definition) is 1. The van der Waals surface area contributed by atoms with Crippen molar-refractivity contribution in [3.63, 3.8) is 0 Å². The van der Waals surface area contributed by atoms with Crippen LogP contribution < -0.4 is 9.47 Å². The maximum atomic E-state index is 9.13. The van der Waals surface area contributed by atoms with Gasteiger partial charge in [0.2, 0.25) is 0 Å². The second-order valence-corrected chi connectivity index (χ2v) is 3.66. The van der Waals surface area contributed by atoms with Gasteiger partial charge in [0.25, 0.3) is 0 Å². The monoisotopic (exact) mass is 236 g/mol. The Kier molecular flexibility index (Phi) is 5.57. The van der Waals surface area contributed by atoms with E-state index in [4.69, 9.17) is 14.6 Å². The summed E-state index contributed by atoms with van der Waals surface area (Å²) >= 11 is 0. The lowest BCUT2D eigenvalue weighted by molar-refractivity contribution is 0.311. The highest BCUT2D eigenvalue weighted by Crippen LogP contribution is 2.29. The van der Waals surface area contributed by atoms with E-state index < -0.39 is 0 Å². The molecular formula is C14H20O3. The Morgan fingerprint density at radius 1 is 1.29 bits per heavy atom. The molecule has 0 spiro atoms. The summed E-state index contributed by atoms with van der Waals surface area (Å²) in [7, 11) is 1.62. The zero-order chi connectivity index (χ0) is 12.7.